The zero-order chi connectivity index (χ0) is 20.4. The van der Waals surface area contributed by atoms with E-state index in [0.717, 1.165) is 31.2 Å². The third kappa shape index (κ3) is 3.66. The first-order chi connectivity index (χ1) is 13.3. The summed E-state index contributed by atoms with van der Waals surface area (Å²) in [5.74, 6) is -1.33. The van der Waals surface area contributed by atoms with Crippen LogP contribution >= 0.6 is 0 Å². The van der Waals surface area contributed by atoms with E-state index in [-0.39, 0.29) is 35.5 Å². The Morgan fingerprint density at radius 2 is 1.64 bits per heavy atom. The van der Waals surface area contributed by atoms with Crippen LogP contribution in [0.2, 0.25) is 0 Å². The summed E-state index contributed by atoms with van der Waals surface area (Å²) in [4.78, 5) is 52.6. The third-order valence-electron chi connectivity index (χ3n) is 5.86. The molecule has 1 aliphatic heterocycles. The fourth-order valence-corrected chi connectivity index (χ4v) is 4.26. The predicted octanol–water partition coefficient (Wildman–Crippen LogP) is 1.57. The Morgan fingerprint density at radius 1 is 1.11 bits per heavy atom. The molecule has 7 nitrogen and oxygen atoms in total. The molecule has 2 fully saturated rings. The molecule has 150 valence electrons. The van der Waals surface area contributed by atoms with Crippen LogP contribution in [0.1, 0.15) is 48.5 Å². The highest BCUT2D eigenvalue weighted by Crippen LogP contribution is 2.39. The number of fused-ring (bicyclic) bond motifs is 1. The summed E-state index contributed by atoms with van der Waals surface area (Å²) < 4.78 is 0. The van der Waals surface area contributed by atoms with Gasteiger partial charge in [0.05, 0.1) is 11.8 Å². The summed E-state index contributed by atoms with van der Waals surface area (Å²) in [6, 6.07) is 6.18. The molecule has 3 rings (SSSR count). The van der Waals surface area contributed by atoms with Gasteiger partial charge in [-0.2, -0.15) is 0 Å². The Labute approximate surface area is 165 Å². The van der Waals surface area contributed by atoms with Crippen molar-refractivity contribution in [1.82, 2.24) is 15.1 Å². The monoisotopic (exact) mass is 385 g/mol. The lowest BCUT2D eigenvalue weighted by Crippen LogP contribution is -2.48. The SMILES string of the molecule is CNC(=O)c1ccc(CN(C)C(=O)[C@H](C)N2C(=O)[C@H]3CCCC[C@@H]3C2=O)cc1. The summed E-state index contributed by atoms with van der Waals surface area (Å²) in [7, 11) is 3.23. The van der Waals surface area contributed by atoms with E-state index in [1.54, 1.807) is 45.3 Å². The Morgan fingerprint density at radius 3 is 2.14 bits per heavy atom. The minimum atomic E-state index is -0.805. The Balaban J connectivity index is 1.66. The second-order valence-corrected chi connectivity index (χ2v) is 7.69. The van der Waals surface area contributed by atoms with Crippen LogP contribution in [-0.2, 0) is 20.9 Å². The highest BCUT2D eigenvalue weighted by Gasteiger charge is 2.51. The van der Waals surface area contributed by atoms with E-state index >= 15 is 0 Å². The molecule has 28 heavy (non-hydrogen) atoms. The van der Waals surface area contributed by atoms with E-state index in [9.17, 15) is 19.2 Å². The van der Waals surface area contributed by atoms with Crippen LogP contribution in [0.4, 0.5) is 0 Å². The molecule has 0 spiro atoms. The van der Waals surface area contributed by atoms with Crippen molar-refractivity contribution < 1.29 is 19.2 Å². The fraction of sp³-hybridized carbons (Fsp3) is 0.524. The third-order valence-corrected chi connectivity index (χ3v) is 5.86. The van der Waals surface area contributed by atoms with Gasteiger partial charge in [0.1, 0.15) is 6.04 Å². The van der Waals surface area contributed by atoms with Crippen LogP contribution in [0.3, 0.4) is 0 Å². The van der Waals surface area contributed by atoms with Crippen molar-refractivity contribution in [3.05, 3.63) is 35.4 Å². The van der Waals surface area contributed by atoms with Crippen LogP contribution in [0.25, 0.3) is 0 Å². The molecule has 0 aromatic heterocycles. The average molecular weight is 385 g/mol. The Hall–Kier alpha value is -2.70. The zero-order valence-corrected chi connectivity index (χ0v) is 16.6. The molecule has 0 radical (unpaired) electrons. The van der Waals surface area contributed by atoms with Gasteiger partial charge in [-0.15, -0.1) is 0 Å². The van der Waals surface area contributed by atoms with Crippen molar-refractivity contribution in [2.45, 2.75) is 45.2 Å². The minimum absolute atomic E-state index is 0.169. The lowest BCUT2D eigenvalue weighted by Gasteiger charge is -2.27. The Bertz CT molecular complexity index is 765. The summed E-state index contributed by atoms with van der Waals surface area (Å²) in [5, 5.41) is 2.56. The number of amides is 4. The van der Waals surface area contributed by atoms with Crippen molar-refractivity contribution in [3.63, 3.8) is 0 Å². The molecular weight excluding hydrogens is 358 g/mol. The van der Waals surface area contributed by atoms with Crippen LogP contribution in [0.15, 0.2) is 24.3 Å². The second kappa shape index (κ2) is 8.12. The quantitative estimate of drug-likeness (QED) is 0.780. The summed E-state index contributed by atoms with van der Waals surface area (Å²) in [6.45, 7) is 1.96. The molecule has 0 bridgehead atoms. The van der Waals surface area contributed by atoms with E-state index in [2.05, 4.69) is 5.32 Å². The molecule has 1 N–H and O–H groups in total. The molecule has 3 atom stereocenters. The second-order valence-electron chi connectivity index (χ2n) is 7.69. The topological polar surface area (TPSA) is 86.8 Å². The van der Waals surface area contributed by atoms with Gasteiger partial charge < -0.3 is 10.2 Å². The maximum atomic E-state index is 12.9. The van der Waals surface area contributed by atoms with E-state index in [0.29, 0.717) is 12.1 Å². The van der Waals surface area contributed by atoms with E-state index in [1.807, 2.05) is 0 Å². The molecule has 1 aromatic carbocycles. The molecule has 1 aliphatic carbocycles. The van der Waals surface area contributed by atoms with Gasteiger partial charge in [0.25, 0.3) is 5.91 Å². The molecule has 1 aromatic rings. The van der Waals surface area contributed by atoms with E-state index in [4.69, 9.17) is 0 Å². The van der Waals surface area contributed by atoms with Gasteiger partial charge in [-0.1, -0.05) is 25.0 Å². The molecule has 4 amide bonds. The normalized spacial score (nSPS) is 22.6. The lowest BCUT2D eigenvalue weighted by molar-refractivity contribution is -0.150. The number of carbonyl (C=O) groups excluding carboxylic acids is 4. The van der Waals surface area contributed by atoms with Crippen molar-refractivity contribution in [2.24, 2.45) is 11.8 Å². The number of hydrogen-bond donors (Lipinski definition) is 1. The molecule has 2 aliphatic rings. The number of carbonyl (C=O) groups is 4. The zero-order valence-electron chi connectivity index (χ0n) is 16.6. The number of nitrogens with zero attached hydrogens (tertiary/aromatic N) is 2. The maximum Gasteiger partial charge on any atom is 0.251 e. The standard InChI is InChI=1S/C21H27N3O4/c1-13(24-20(27)16-6-4-5-7-17(16)21(24)28)19(26)23(3)12-14-8-10-15(11-9-14)18(25)22-2/h8-11,13,16-17H,4-7,12H2,1-3H3,(H,22,25)/t13-,16-,17-/m0/s1. The molecule has 1 saturated heterocycles. The number of likely N-dealkylation sites (tertiary alicyclic amines) is 1. The smallest absolute Gasteiger partial charge is 0.251 e. The van der Waals surface area contributed by atoms with Crippen LogP contribution < -0.4 is 5.32 Å². The number of likely N-dealkylation sites (N-methyl/N-ethyl adjacent to an activating group) is 1. The minimum Gasteiger partial charge on any atom is -0.355 e. The summed E-state index contributed by atoms with van der Waals surface area (Å²) >= 11 is 0. The van der Waals surface area contributed by atoms with Gasteiger partial charge in [0.15, 0.2) is 0 Å². The van der Waals surface area contributed by atoms with E-state index in [1.165, 1.54) is 9.80 Å². The van der Waals surface area contributed by atoms with Crippen molar-refractivity contribution in [2.75, 3.05) is 14.1 Å². The lowest BCUT2D eigenvalue weighted by atomic mass is 9.81. The van der Waals surface area contributed by atoms with Crippen LogP contribution in [0, 0.1) is 11.8 Å². The first-order valence-electron chi connectivity index (χ1n) is 9.78. The molecular formula is C21H27N3O4. The highest BCUT2D eigenvalue weighted by molar-refractivity contribution is 6.08. The predicted molar refractivity (Wildman–Crippen MR) is 103 cm³/mol. The van der Waals surface area contributed by atoms with Crippen LogP contribution in [-0.4, -0.2) is 53.6 Å². The largest absolute Gasteiger partial charge is 0.355 e. The number of nitrogens with one attached hydrogen (secondary N) is 1. The van der Waals surface area contributed by atoms with E-state index < -0.39 is 6.04 Å². The number of hydrogen-bond acceptors (Lipinski definition) is 4. The molecule has 1 saturated carbocycles. The first kappa shape index (κ1) is 20.0. The van der Waals surface area contributed by atoms with Gasteiger partial charge in [0.2, 0.25) is 17.7 Å². The summed E-state index contributed by atoms with van der Waals surface area (Å²) in [5.41, 5.74) is 1.41. The Kier molecular flexibility index (Phi) is 5.82. The van der Waals surface area contributed by atoms with Crippen molar-refractivity contribution in [3.8, 4) is 0 Å². The van der Waals surface area contributed by atoms with Gasteiger partial charge in [-0.25, -0.2) is 0 Å². The fourth-order valence-electron chi connectivity index (χ4n) is 4.26. The van der Waals surface area contributed by atoms with Crippen LogP contribution in [0.5, 0.6) is 0 Å². The molecule has 1 heterocycles. The van der Waals surface area contributed by atoms with Crippen molar-refractivity contribution in [1.29, 1.82) is 0 Å². The van der Waals surface area contributed by atoms with Gasteiger partial charge >= 0.3 is 0 Å². The first-order valence-corrected chi connectivity index (χ1v) is 9.78. The van der Waals surface area contributed by atoms with Crippen molar-refractivity contribution >= 4 is 23.6 Å². The number of rotatable bonds is 5. The molecule has 0 unspecified atom stereocenters. The highest BCUT2D eigenvalue weighted by atomic mass is 16.2. The van der Waals surface area contributed by atoms with Gasteiger partial charge in [-0.05, 0) is 37.5 Å². The summed E-state index contributed by atoms with van der Waals surface area (Å²) in [6.07, 6.45) is 3.39. The van der Waals surface area contributed by atoms with Gasteiger partial charge in [-0.3, -0.25) is 24.1 Å². The van der Waals surface area contributed by atoms with Gasteiger partial charge in [0, 0.05) is 26.2 Å². The number of benzene rings is 1. The average Bonchev–Trinajstić information content (AvgIpc) is 2.97. The maximum absolute atomic E-state index is 12.9. The number of imide groups is 1. The molecule has 7 heteroatoms.